The van der Waals surface area contributed by atoms with Crippen molar-refractivity contribution in [3.05, 3.63) is 42.0 Å². The molecule has 0 heterocycles. The van der Waals surface area contributed by atoms with Crippen LogP contribution in [0, 0.1) is 0 Å². The van der Waals surface area contributed by atoms with Crippen LogP contribution in [0.15, 0.2) is 36.4 Å². The molecular formula is C12H18N2O. The average Bonchev–Trinajstić information content (AvgIpc) is 2.25. The number of para-hydroxylation sites is 1. The van der Waals surface area contributed by atoms with E-state index in [4.69, 9.17) is 16.2 Å². The van der Waals surface area contributed by atoms with Gasteiger partial charge < -0.3 is 16.2 Å². The van der Waals surface area contributed by atoms with E-state index < -0.39 is 0 Å². The molecule has 4 N–H and O–H groups in total. The Bertz CT molecular complexity index is 336. The smallest absolute Gasteiger partial charge is 0.124 e. The summed E-state index contributed by atoms with van der Waals surface area (Å²) < 4.78 is 5.59. The van der Waals surface area contributed by atoms with Crippen LogP contribution in [0.4, 0.5) is 0 Å². The quantitative estimate of drug-likeness (QED) is 0.719. The lowest BCUT2D eigenvalue weighted by Gasteiger charge is -2.15. The highest BCUT2D eigenvalue weighted by Crippen LogP contribution is 2.23. The molecule has 0 saturated heterocycles. The summed E-state index contributed by atoms with van der Waals surface area (Å²) in [7, 11) is 0. The Morgan fingerprint density at radius 3 is 2.73 bits per heavy atom. The predicted molar refractivity (Wildman–Crippen MR) is 62.7 cm³/mol. The molecule has 0 aliphatic carbocycles. The molecule has 0 aliphatic rings. The number of hydrogen-bond acceptors (Lipinski definition) is 3. The lowest BCUT2D eigenvalue weighted by Crippen LogP contribution is -2.21. The SMILES string of the molecule is C=C(C)COc1ccccc1[C@H](N)CN. The molecule has 0 spiro atoms. The van der Waals surface area contributed by atoms with Gasteiger partial charge in [-0.3, -0.25) is 0 Å². The molecule has 3 heteroatoms. The second-order valence-electron chi connectivity index (χ2n) is 3.63. The molecule has 82 valence electrons. The molecule has 1 atom stereocenters. The summed E-state index contributed by atoms with van der Waals surface area (Å²) in [4.78, 5) is 0. The van der Waals surface area contributed by atoms with E-state index in [9.17, 15) is 0 Å². The molecule has 0 fully saturated rings. The molecule has 3 nitrogen and oxygen atoms in total. The highest BCUT2D eigenvalue weighted by Gasteiger charge is 2.09. The molecule has 15 heavy (non-hydrogen) atoms. The van der Waals surface area contributed by atoms with E-state index in [1.54, 1.807) is 0 Å². The van der Waals surface area contributed by atoms with Crippen LogP contribution in [0.5, 0.6) is 5.75 Å². The summed E-state index contributed by atoms with van der Waals surface area (Å²) in [5.41, 5.74) is 13.3. The van der Waals surface area contributed by atoms with Gasteiger partial charge in [-0.1, -0.05) is 24.8 Å². The topological polar surface area (TPSA) is 61.3 Å². The van der Waals surface area contributed by atoms with Crippen LogP contribution in [0.25, 0.3) is 0 Å². The van der Waals surface area contributed by atoms with Crippen molar-refractivity contribution in [2.24, 2.45) is 11.5 Å². The summed E-state index contributed by atoms with van der Waals surface area (Å²) in [6, 6.07) is 7.50. The summed E-state index contributed by atoms with van der Waals surface area (Å²) in [5, 5.41) is 0. The zero-order valence-electron chi connectivity index (χ0n) is 9.07. The van der Waals surface area contributed by atoms with Crippen molar-refractivity contribution in [2.75, 3.05) is 13.2 Å². The zero-order valence-corrected chi connectivity index (χ0v) is 9.07. The maximum absolute atomic E-state index is 5.87. The van der Waals surface area contributed by atoms with Crippen molar-refractivity contribution >= 4 is 0 Å². The number of rotatable bonds is 5. The minimum absolute atomic E-state index is 0.175. The van der Waals surface area contributed by atoms with Gasteiger partial charge in [-0.25, -0.2) is 0 Å². The molecule has 1 aromatic rings. The lowest BCUT2D eigenvalue weighted by molar-refractivity contribution is 0.346. The third-order valence-electron chi connectivity index (χ3n) is 2.05. The Balaban J connectivity index is 2.81. The molecular weight excluding hydrogens is 188 g/mol. The summed E-state index contributed by atoms with van der Waals surface area (Å²) in [6.45, 7) is 6.62. The van der Waals surface area contributed by atoms with Gasteiger partial charge >= 0.3 is 0 Å². The van der Waals surface area contributed by atoms with Crippen molar-refractivity contribution in [1.82, 2.24) is 0 Å². The predicted octanol–water partition coefficient (Wildman–Crippen LogP) is 1.60. The van der Waals surface area contributed by atoms with E-state index >= 15 is 0 Å². The van der Waals surface area contributed by atoms with Gasteiger partial charge in [0.1, 0.15) is 12.4 Å². The van der Waals surface area contributed by atoms with Gasteiger partial charge in [0.25, 0.3) is 0 Å². The summed E-state index contributed by atoms with van der Waals surface area (Å²) >= 11 is 0. The molecule has 0 bridgehead atoms. The number of benzene rings is 1. The first-order valence-electron chi connectivity index (χ1n) is 4.97. The third-order valence-corrected chi connectivity index (χ3v) is 2.05. The Morgan fingerprint density at radius 2 is 2.13 bits per heavy atom. The van der Waals surface area contributed by atoms with Gasteiger partial charge in [-0.2, -0.15) is 0 Å². The number of hydrogen-bond donors (Lipinski definition) is 2. The Morgan fingerprint density at radius 1 is 1.47 bits per heavy atom. The van der Waals surface area contributed by atoms with Gasteiger partial charge in [0.05, 0.1) is 0 Å². The van der Waals surface area contributed by atoms with Crippen LogP contribution in [0.3, 0.4) is 0 Å². The number of nitrogens with two attached hydrogens (primary N) is 2. The first-order chi connectivity index (χ1) is 7.15. The van der Waals surface area contributed by atoms with Crippen LogP contribution in [-0.4, -0.2) is 13.2 Å². The Kier molecular flexibility index (Phi) is 4.34. The second-order valence-corrected chi connectivity index (χ2v) is 3.63. The summed E-state index contributed by atoms with van der Waals surface area (Å²) in [6.07, 6.45) is 0. The molecule has 0 aliphatic heterocycles. The third kappa shape index (κ3) is 3.38. The zero-order chi connectivity index (χ0) is 11.3. The maximum Gasteiger partial charge on any atom is 0.124 e. The van der Waals surface area contributed by atoms with Gasteiger partial charge in [-0.15, -0.1) is 0 Å². The standard InChI is InChI=1S/C12H18N2O/c1-9(2)8-15-12-6-4-3-5-10(12)11(14)7-13/h3-6,11H,1,7-8,13-14H2,2H3/t11-/m1/s1. The van der Waals surface area contributed by atoms with E-state index in [1.807, 2.05) is 31.2 Å². The fourth-order valence-corrected chi connectivity index (χ4v) is 1.25. The second kappa shape index (κ2) is 5.53. The maximum atomic E-state index is 5.87. The van der Waals surface area contributed by atoms with Crippen LogP contribution in [0.1, 0.15) is 18.5 Å². The van der Waals surface area contributed by atoms with E-state index in [0.29, 0.717) is 13.2 Å². The normalized spacial score (nSPS) is 12.2. The highest BCUT2D eigenvalue weighted by molar-refractivity contribution is 5.36. The summed E-state index contributed by atoms with van der Waals surface area (Å²) in [5.74, 6) is 0.790. The first kappa shape index (κ1) is 11.8. The molecule has 0 unspecified atom stereocenters. The minimum Gasteiger partial charge on any atom is -0.489 e. The Hall–Kier alpha value is -1.32. The number of ether oxygens (including phenoxy) is 1. The molecule has 1 aromatic carbocycles. The minimum atomic E-state index is -0.175. The van der Waals surface area contributed by atoms with Crippen molar-refractivity contribution < 1.29 is 4.74 Å². The average molecular weight is 206 g/mol. The van der Waals surface area contributed by atoms with Crippen molar-refractivity contribution in [1.29, 1.82) is 0 Å². The monoisotopic (exact) mass is 206 g/mol. The highest BCUT2D eigenvalue weighted by atomic mass is 16.5. The van der Waals surface area contributed by atoms with Crippen molar-refractivity contribution in [2.45, 2.75) is 13.0 Å². The van der Waals surface area contributed by atoms with E-state index in [0.717, 1.165) is 16.9 Å². The fraction of sp³-hybridized carbons (Fsp3) is 0.333. The molecule has 0 radical (unpaired) electrons. The molecule has 0 saturated carbocycles. The van der Waals surface area contributed by atoms with Gasteiger partial charge in [-0.05, 0) is 18.6 Å². The van der Waals surface area contributed by atoms with Gasteiger partial charge in [0, 0.05) is 18.2 Å². The molecule has 0 aromatic heterocycles. The van der Waals surface area contributed by atoms with Crippen LogP contribution in [-0.2, 0) is 0 Å². The van der Waals surface area contributed by atoms with Gasteiger partial charge in [0.15, 0.2) is 0 Å². The lowest BCUT2D eigenvalue weighted by atomic mass is 10.1. The van der Waals surface area contributed by atoms with Crippen LogP contribution in [0.2, 0.25) is 0 Å². The van der Waals surface area contributed by atoms with Gasteiger partial charge in [0.2, 0.25) is 0 Å². The first-order valence-corrected chi connectivity index (χ1v) is 4.97. The van der Waals surface area contributed by atoms with Crippen molar-refractivity contribution in [3.8, 4) is 5.75 Å². The van der Waals surface area contributed by atoms with E-state index in [-0.39, 0.29) is 6.04 Å². The largest absolute Gasteiger partial charge is 0.489 e. The Labute approximate surface area is 90.7 Å². The fourth-order valence-electron chi connectivity index (χ4n) is 1.25. The van der Waals surface area contributed by atoms with Crippen LogP contribution >= 0.6 is 0 Å². The molecule has 0 amide bonds. The van der Waals surface area contributed by atoms with E-state index in [1.165, 1.54) is 0 Å². The van der Waals surface area contributed by atoms with Crippen molar-refractivity contribution in [3.63, 3.8) is 0 Å². The van der Waals surface area contributed by atoms with Crippen LogP contribution < -0.4 is 16.2 Å². The molecule has 1 rings (SSSR count). The van der Waals surface area contributed by atoms with E-state index in [2.05, 4.69) is 6.58 Å².